The zero-order chi connectivity index (χ0) is 18.7. The van der Waals surface area contributed by atoms with Gasteiger partial charge >= 0.3 is 0 Å². The third-order valence-electron chi connectivity index (χ3n) is 3.77. The predicted octanol–water partition coefficient (Wildman–Crippen LogP) is 4.69. The minimum atomic E-state index is -0.447. The molecule has 0 bridgehead atoms. The van der Waals surface area contributed by atoms with E-state index in [1.165, 1.54) is 17.8 Å². The second-order valence-corrected chi connectivity index (χ2v) is 7.32. The fraction of sp³-hybridized carbons (Fsp3) is 0.167. The Labute approximate surface area is 159 Å². The van der Waals surface area contributed by atoms with E-state index < -0.39 is 5.25 Å². The number of benzene rings is 2. The van der Waals surface area contributed by atoms with Crippen LogP contribution >= 0.6 is 23.4 Å². The van der Waals surface area contributed by atoms with Crippen LogP contribution in [0.3, 0.4) is 0 Å². The van der Waals surface area contributed by atoms with Crippen molar-refractivity contribution in [2.75, 3.05) is 5.32 Å². The third kappa shape index (κ3) is 4.05. The summed E-state index contributed by atoms with van der Waals surface area (Å²) < 4.78 is 13.8. The van der Waals surface area contributed by atoms with Gasteiger partial charge in [0, 0.05) is 10.7 Å². The molecule has 0 saturated heterocycles. The number of nitrogens with zero attached hydrogens (tertiary/aromatic N) is 2. The van der Waals surface area contributed by atoms with E-state index >= 15 is 0 Å². The molecule has 5 nitrogen and oxygen atoms in total. The summed E-state index contributed by atoms with van der Waals surface area (Å²) in [6.07, 6.45) is 0. The first-order chi connectivity index (χ1) is 12.5. The van der Waals surface area contributed by atoms with Gasteiger partial charge in [0.1, 0.15) is 5.82 Å². The summed E-state index contributed by atoms with van der Waals surface area (Å²) in [7, 11) is 0. The van der Waals surface area contributed by atoms with Gasteiger partial charge in [0.25, 0.3) is 0 Å². The summed E-state index contributed by atoms with van der Waals surface area (Å²) in [5, 5.41) is 10.1. The maximum Gasteiger partial charge on any atom is 0.237 e. The van der Waals surface area contributed by atoms with Gasteiger partial charge in [-0.1, -0.05) is 41.6 Å². The molecule has 1 atom stereocenters. The number of H-pyrrole nitrogens is 1. The molecule has 8 heteroatoms. The Bertz CT molecular complexity index is 946. The second kappa shape index (κ2) is 7.88. The molecule has 1 aromatic heterocycles. The van der Waals surface area contributed by atoms with E-state index in [-0.39, 0.29) is 11.7 Å². The van der Waals surface area contributed by atoms with Gasteiger partial charge in [0.2, 0.25) is 11.1 Å². The van der Waals surface area contributed by atoms with Crippen LogP contribution in [-0.4, -0.2) is 26.3 Å². The Hall–Kier alpha value is -2.38. The first-order valence-corrected chi connectivity index (χ1v) is 9.11. The number of carbonyl (C=O) groups excluding carboxylic acids is 1. The van der Waals surface area contributed by atoms with Gasteiger partial charge in [-0.05, 0) is 43.7 Å². The fourth-order valence-corrected chi connectivity index (χ4v) is 3.16. The summed E-state index contributed by atoms with van der Waals surface area (Å²) in [5.74, 6) is -0.260. The van der Waals surface area contributed by atoms with Crippen molar-refractivity contribution >= 4 is 35.0 Å². The standard InChI is InChI=1S/C18H16ClFN4OS/c1-10-13(19)7-5-9-15(10)21-17(25)11(2)26-18-22-16(23-24-18)12-6-3-4-8-14(12)20/h3-9,11H,1-2H3,(H,21,25)(H,22,23,24)/t11-/m0/s1. The second-order valence-electron chi connectivity index (χ2n) is 5.61. The molecule has 0 fully saturated rings. The van der Waals surface area contributed by atoms with Crippen LogP contribution in [0.1, 0.15) is 12.5 Å². The third-order valence-corrected chi connectivity index (χ3v) is 5.14. The maximum absolute atomic E-state index is 13.8. The van der Waals surface area contributed by atoms with Gasteiger partial charge in [-0.3, -0.25) is 9.89 Å². The molecule has 0 aliphatic rings. The number of hydrogen-bond acceptors (Lipinski definition) is 4. The highest BCUT2D eigenvalue weighted by Gasteiger charge is 2.19. The molecule has 0 spiro atoms. The van der Waals surface area contributed by atoms with Crippen molar-refractivity contribution < 1.29 is 9.18 Å². The largest absolute Gasteiger partial charge is 0.325 e. The average molecular weight is 391 g/mol. The van der Waals surface area contributed by atoms with Crippen molar-refractivity contribution in [2.45, 2.75) is 24.3 Å². The van der Waals surface area contributed by atoms with E-state index in [1.807, 2.05) is 6.92 Å². The molecule has 26 heavy (non-hydrogen) atoms. The minimum Gasteiger partial charge on any atom is -0.325 e. The van der Waals surface area contributed by atoms with E-state index in [4.69, 9.17) is 11.6 Å². The number of halogens is 2. The lowest BCUT2D eigenvalue weighted by Crippen LogP contribution is -2.23. The molecule has 2 N–H and O–H groups in total. The number of thioether (sulfide) groups is 1. The Kier molecular flexibility index (Phi) is 5.58. The van der Waals surface area contributed by atoms with E-state index in [0.29, 0.717) is 27.3 Å². The Morgan fingerprint density at radius 1 is 1.27 bits per heavy atom. The number of nitrogens with one attached hydrogen (secondary N) is 2. The highest BCUT2D eigenvalue weighted by atomic mass is 35.5. The fourth-order valence-electron chi connectivity index (χ4n) is 2.26. The van der Waals surface area contributed by atoms with Crippen molar-refractivity contribution in [1.29, 1.82) is 0 Å². The number of hydrogen-bond donors (Lipinski definition) is 2. The molecule has 3 aromatic rings. The van der Waals surface area contributed by atoms with Crippen LogP contribution in [0.15, 0.2) is 47.6 Å². The van der Waals surface area contributed by atoms with Gasteiger partial charge < -0.3 is 5.32 Å². The molecular formula is C18H16ClFN4OS. The van der Waals surface area contributed by atoms with Crippen LogP contribution in [0.5, 0.6) is 0 Å². The maximum atomic E-state index is 13.8. The minimum absolute atomic E-state index is 0.197. The monoisotopic (exact) mass is 390 g/mol. The van der Waals surface area contributed by atoms with Crippen LogP contribution in [0.4, 0.5) is 10.1 Å². The molecule has 0 saturated carbocycles. The Balaban J connectivity index is 1.68. The Morgan fingerprint density at radius 3 is 2.81 bits per heavy atom. The highest BCUT2D eigenvalue weighted by Crippen LogP contribution is 2.27. The van der Waals surface area contributed by atoms with E-state index in [0.717, 1.165) is 5.56 Å². The van der Waals surface area contributed by atoms with Crippen molar-refractivity contribution in [1.82, 2.24) is 15.2 Å². The number of rotatable bonds is 5. The van der Waals surface area contributed by atoms with E-state index in [1.54, 1.807) is 43.3 Å². The van der Waals surface area contributed by atoms with Crippen molar-refractivity contribution in [3.63, 3.8) is 0 Å². The van der Waals surface area contributed by atoms with Crippen molar-refractivity contribution in [3.05, 3.63) is 58.9 Å². The predicted molar refractivity (Wildman–Crippen MR) is 102 cm³/mol. The smallest absolute Gasteiger partial charge is 0.237 e. The van der Waals surface area contributed by atoms with Crippen LogP contribution in [0.2, 0.25) is 5.02 Å². The van der Waals surface area contributed by atoms with Crippen LogP contribution in [0, 0.1) is 12.7 Å². The quantitative estimate of drug-likeness (QED) is 0.620. The highest BCUT2D eigenvalue weighted by molar-refractivity contribution is 8.00. The normalized spacial score (nSPS) is 12.0. The van der Waals surface area contributed by atoms with E-state index in [2.05, 4.69) is 20.5 Å². The van der Waals surface area contributed by atoms with E-state index in [9.17, 15) is 9.18 Å². The number of aromatic nitrogens is 3. The lowest BCUT2D eigenvalue weighted by Gasteiger charge is -2.12. The molecule has 0 aliphatic carbocycles. The first-order valence-electron chi connectivity index (χ1n) is 7.85. The molecule has 1 heterocycles. The average Bonchev–Trinajstić information content (AvgIpc) is 3.07. The topological polar surface area (TPSA) is 70.7 Å². The zero-order valence-electron chi connectivity index (χ0n) is 14.1. The molecule has 0 radical (unpaired) electrons. The van der Waals surface area contributed by atoms with Gasteiger partial charge in [0.15, 0.2) is 5.82 Å². The van der Waals surface area contributed by atoms with Crippen LogP contribution < -0.4 is 5.32 Å². The van der Waals surface area contributed by atoms with Crippen molar-refractivity contribution in [2.24, 2.45) is 0 Å². The summed E-state index contributed by atoms with van der Waals surface area (Å²) in [6.45, 7) is 3.59. The summed E-state index contributed by atoms with van der Waals surface area (Å²) in [5.41, 5.74) is 1.80. The molecule has 1 amide bonds. The number of amides is 1. The summed E-state index contributed by atoms with van der Waals surface area (Å²) in [4.78, 5) is 16.7. The first kappa shape index (κ1) is 18.4. The van der Waals surface area contributed by atoms with Gasteiger partial charge in [0.05, 0.1) is 10.8 Å². The Morgan fingerprint density at radius 2 is 2.04 bits per heavy atom. The molecule has 3 rings (SSSR count). The lowest BCUT2D eigenvalue weighted by molar-refractivity contribution is -0.115. The zero-order valence-corrected chi connectivity index (χ0v) is 15.7. The SMILES string of the molecule is Cc1c(Cl)cccc1NC(=O)[C@H](C)Sc1n[nH]c(-c2ccccc2F)n1. The van der Waals surface area contributed by atoms with Crippen LogP contribution in [-0.2, 0) is 4.79 Å². The van der Waals surface area contributed by atoms with Crippen molar-refractivity contribution in [3.8, 4) is 11.4 Å². The van der Waals surface area contributed by atoms with Gasteiger partial charge in [-0.25, -0.2) is 9.37 Å². The lowest BCUT2D eigenvalue weighted by atomic mass is 10.2. The molecule has 134 valence electrons. The van der Waals surface area contributed by atoms with Crippen LogP contribution in [0.25, 0.3) is 11.4 Å². The molecule has 0 unspecified atom stereocenters. The van der Waals surface area contributed by atoms with Gasteiger partial charge in [-0.2, -0.15) is 0 Å². The van der Waals surface area contributed by atoms with Gasteiger partial charge in [-0.15, -0.1) is 5.10 Å². The number of anilines is 1. The molecule has 2 aromatic carbocycles. The number of aromatic amines is 1. The summed E-state index contributed by atoms with van der Waals surface area (Å²) >= 11 is 7.25. The summed E-state index contributed by atoms with van der Waals surface area (Å²) in [6, 6.07) is 11.6. The number of carbonyl (C=O) groups is 1. The molecular weight excluding hydrogens is 375 g/mol. The molecule has 0 aliphatic heterocycles.